The van der Waals surface area contributed by atoms with E-state index in [4.69, 9.17) is 0 Å². The van der Waals surface area contributed by atoms with E-state index in [1.54, 1.807) is 6.08 Å². The summed E-state index contributed by atoms with van der Waals surface area (Å²) in [6, 6.07) is 0. The maximum absolute atomic E-state index is 10.5. The van der Waals surface area contributed by atoms with E-state index in [0.29, 0.717) is 5.92 Å². The van der Waals surface area contributed by atoms with Gasteiger partial charge >= 0.3 is 0 Å². The van der Waals surface area contributed by atoms with Crippen LogP contribution in [0.2, 0.25) is 0 Å². The molecular weight excluding hydrogens is 204 g/mol. The van der Waals surface area contributed by atoms with Gasteiger partial charge in [0.25, 0.3) is 0 Å². The number of fused-ring (bicyclic) bond motifs is 2. The number of rotatable bonds is 2. The highest BCUT2D eigenvalue weighted by atomic mass is 16.4. The molecule has 0 spiro atoms. The zero-order valence-electron chi connectivity index (χ0n) is 10.1. The van der Waals surface area contributed by atoms with Crippen LogP contribution in [0.3, 0.4) is 0 Å². The van der Waals surface area contributed by atoms with E-state index in [2.05, 4.69) is 20.8 Å². The highest BCUT2D eigenvalue weighted by Crippen LogP contribution is 2.67. The molecule has 2 rings (SSSR count). The van der Waals surface area contributed by atoms with Crippen molar-refractivity contribution in [3.63, 3.8) is 0 Å². The number of carboxylic acids is 1. The van der Waals surface area contributed by atoms with Crippen molar-refractivity contribution in [3.8, 4) is 0 Å². The minimum Gasteiger partial charge on any atom is -0.550 e. The van der Waals surface area contributed by atoms with E-state index in [1.165, 1.54) is 0 Å². The summed E-state index contributed by atoms with van der Waals surface area (Å²) in [7, 11) is 0. The minimum atomic E-state index is -1.08. The predicted octanol–water partition coefficient (Wildman–Crippen LogP) is 0.870. The lowest BCUT2D eigenvalue weighted by molar-refractivity contribution is -0.304. The molecule has 0 aromatic rings. The fourth-order valence-corrected chi connectivity index (χ4v) is 3.61. The Balaban J connectivity index is 2.33. The van der Waals surface area contributed by atoms with E-state index >= 15 is 0 Å². The molecule has 2 aliphatic rings. The van der Waals surface area contributed by atoms with E-state index in [-0.39, 0.29) is 17.3 Å². The third-order valence-corrected chi connectivity index (χ3v) is 5.12. The maximum Gasteiger partial charge on any atom is 0.0811 e. The average Bonchev–Trinajstić information content (AvgIpc) is 2.47. The molecule has 2 saturated carbocycles. The van der Waals surface area contributed by atoms with Crippen molar-refractivity contribution in [3.05, 3.63) is 11.6 Å². The molecule has 0 aliphatic heterocycles. The second-order valence-electron chi connectivity index (χ2n) is 5.91. The van der Waals surface area contributed by atoms with Crippen molar-refractivity contribution in [1.29, 1.82) is 0 Å². The number of carboxylic acid groups (broad SMARTS) is 1. The van der Waals surface area contributed by atoms with E-state index in [9.17, 15) is 15.0 Å². The van der Waals surface area contributed by atoms with Gasteiger partial charge in [0.15, 0.2) is 0 Å². The molecule has 0 heterocycles. The normalized spacial score (nSPS) is 42.9. The molecule has 2 fully saturated rings. The summed E-state index contributed by atoms with van der Waals surface area (Å²) in [4.78, 5) is 10.5. The molecule has 16 heavy (non-hydrogen) atoms. The molecule has 90 valence electrons. The number of carbonyl (C=O) groups excluding carboxylic acids is 1. The third kappa shape index (κ3) is 1.27. The lowest BCUT2D eigenvalue weighted by atomic mass is 9.70. The Morgan fingerprint density at radius 3 is 2.62 bits per heavy atom. The van der Waals surface area contributed by atoms with Gasteiger partial charge in [-0.2, -0.15) is 0 Å². The third-order valence-electron chi connectivity index (χ3n) is 5.12. The Labute approximate surface area is 96.2 Å². The van der Waals surface area contributed by atoms with E-state index in [1.807, 2.05) is 0 Å². The Kier molecular flexibility index (Phi) is 2.42. The largest absolute Gasteiger partial charge is 0.550 e. The first-order valence-corrected chi connectivity index (χ1v) is 5.88. The van der Waals surface area contributed by atoms with Crippen LogP contribution in [0.4, 0.5) is 0 Å². The van der Waals surface area contributed by atoms with Crippen molar-refractivity contribution in [2.45, 2.75) is 46.1 Å². The van der Waals surface area contributed by atoms with Crippen LogP contribution in [0.15, 0.2) is 11.6 Å². The van der Waals surface area contributed by atoms with Crippen molar-refractivity contribution in [1.82, 2.24) is 0 Å². The summed E-state index contributed by atoms with van der Waals surface area (Å²) in [5.41, 5.74) is 0.877. The van der Waals surface area contributed by atoms with Gasteiger partial charge < -0.3 is 15.0 Å². The zero-order valence-corrected chi connectivity index (χ0v) is 10.1. The molecule has 3 heteroatoms. The molecule has 2 aliphatic carbocycles. The van der Waals surface area contributed by atoms with Crippen molar-refractivity contribution in [2.75, 3.05) is 0 Å². The Morgan fingerprint density at radius 1 is 1.56 bits per heavy atom. The monoisotopic (exact) mass is 223 g/mol. The van der Waals surface area contributed by atoms with Crippen molar-refractivity contribution < 1.29 is 15.0 Å². The Morgan fingerprint density at radius 2 is 2.19 bits per heavy atom. The van der Waals surface area contributed by atoms with Crippen LogP contribution >= 0.6 is 0 Å². The molecule has 2 bridgehead atoms. The fourth-order valence-electron chi connectivity index (χ4n) is 3.61. The van der Waals surface area contributed by atoms with Crippen LogP contribution in [0.25, 0.3) is 0 Å². The SMILES string of the molecule is CC1(C)[C@H]2CC[C@@]1(C)[C@H](O)/C2=C\CC(=O)[O-]. The fraction of sp³-hybridized carbons (Fsp3) is 0.769. The number of aliphatic hydroxyl groups is 1. The smallest absolute Gasteiger partial charge is 0.0811 e. The van der Waals surface area contributed by atoms with E-state index < -0.39 is 12.1 Å². The average molecular weight is 223 g/mol. The van der Waals surface area contributed by atoms with Gasteiger partial charge in [0.2, 0.25) is 0 Å². The molecular formula is C13H19O3-. The molecule has 3 nitrogen and oxygen atoms in total. The summed E-state index contributed by atoms with van der Waals surface area (Å²) in [6.45, 7) is 6.46. The van der Waals surface area contributed by atoms with Crippen LogP contribution in [-0.2, 0) is 4.79 Å². The van der Waals surface area contributed by atoms with Gasteiger partial charge in [0.1, 0.15) is 0 Å². The van der Waals surface area contributed by atoms with E-state index in [0.717, 1.165) is 18.4 Å². The Hall–Kier alpha value is -0.830. The molecule has 0 aromatic heterocycles. The molecule has 0 unspecified atom stereocenters. The summed E-state index contributed by atoms with van der Waals surface area (Å²) in [5.74, 6) is -0.753. The first kappa shape index (κ1) is 11.6. The zero-order chi connectivity index (χ0) is 12.1. The second kappa shape index (κ2) is 3.33. The molecule has 0 aromatic carbocycles. The van der Waals surface area contributed by atoms with Gasteiger partial charge in [-0.1, -0.05) is 26.8 Å². The van der Waals surface area contributed by atoms with Gasteiger partial charge in [-0.15, -0.1) is 0 Å². The van der Waals surface area contributed by atoms with Gasteiger partial charge in [0, 0.05) is 17.8 Å². The molecule has 0 saturated heterocycles. The van der Waals surface area contributed by atoms with Gasteiger partial charge in [-0.25, -0.2) is 0 Å². The summed E-state index contributed by atoms with van der Waals surface area (Å²) in [5, 5.41) is 20.8. The van der Waals surface area contributed by atoms with Crippen LogP contribution in [0.1, 0.15) is 40.0 Å². The molecule has 3 atom stereocenters. The van der Waals surface area contributed by atoms with Crippen molar-refractivity contribution >= 4 is 5.97 Å². The summed E-state index contributed by atoms with van der Waals surface area (Å²) < 4.78 is 0. The minimum absolute atomic E-state index is 0.0597. The number of hydrogen-bond donors (Lipinski definition) is 1. The highest BCUT2D eigenvalue weighted by Gasteiger charge is 2.63. The summed E-state index contributed by atoms with van der Waals surface area (Å²) >= 11 is 0. The van der Waals surface area contributed by atoms with Gasteiger partial charge in [-0.05, 0) is 29.7 Å². The number of hydrogen-bond acceptors (Lipinski definition) is 3. The lowest BCUT2D eigenvalue weighted by Crippen LogP contribution is -2.35. The first-order valence-electron chi connectivity index (χ1n) is 5.88. The summed E-state index contributed by atoms with van der Waals surface area (Å²) in [6.07, 6.45) is 3.17. The topological polar surface area (TPSA) is 60.4 Å². The van der Waals surface area contributed by atoms with Crippen LogP contribution in [0, 0.1) is 16.7 Å². The highest BCUT2D eigenvalue weighted by molar-refractivity contribution is 5.66. The van der Waals surface area contributed by atoms with Crippen LogP contribution in [-0.4, -0.2) is 17.2 Å². The lowest BCUT2D eigenvalue weighted by Gasteiger charge is -2.36. The number of aliphatic hydroxyl groups excluding tert-OH is 1. The number of aliphatic carboxylic acids is 1. The van der Waals surface area contributed by atoms with Gasteiger partial charge in [-0.3, -0.25) is 0 Å². The van der Waals surface area contributed by atoms with Crippen molar-refractivity contribution in [2.24, 2.45) is 16.7 Å². The quantitative estimate of drug-likeness (QED) is 0.707. The number of carbonyl (C=O) groups is 1. The molecule has 0 amide bonds. The van der Waals surface area contributed by atoms with Gasteiger partial charge in [0.05, 0.1) is 6.10 Å². The standard InChI is InChI=1S/C13H20O3/c1-12(2)9-6-7-13(12,3)11(16)8(9)4-5-10(14)15/h4,9,11,16H,5-7H2,1-3H3,(H,14,15)/p-1/b8-4-/t9-,11+,13-/m0/s1. The Bertz CT molecular complexity index is 356. The molecule has 1 N–H and O–H groups in total. The van der Waals surface area contributed by atoms with Crippen LogP contribution in [0.5, 0.6) is 0 Å². The second-order valence-corrected chi connectivity index (χ2v) is 5.91. The first-order chi connectivity index (χ1) is 7.30. The predicted molar refractivity (Wildman–Crippen MR) is 58.3 cm³/mol. The molecule has 0 radical (unpaired) electrons. The maximum atomic E-state index is 10.5. The van der Waals surface area contributed by atoms with Crippen LogP contribution < -0.4 is 5.11 Å².